The molecule has 0 aliphatic carbocycles. The number of halogens is 1. The Bertz CT molecular complexity index is 809. The van der Waals surface area contributed by atoms with Gasteiger partial charge in [-0.15, -0.1) is 11.8 Å². The van der Waals surface area contributed by atoms with Crippen molar-refractivity contribution in [3.05, 3.63) is 57.8 Å². The summed E-state index contributed by atoms with van der Waals surface area (Å²) >= 11 is 5.29. The first kappa shape index (κ1) is 22.8. The highest BCUT2D eigenvalue weighted by atomic mass is 79.9. The summed E-state index contributed by atoms with van der Waals surface area (Å²) < 4.78 is 6.11. The Labute approximate surface area is 181 Å². The van der Waals surface area contributed by atoms with Gasteiger partial charge >= 0.3 is 6.09 Å². The molecule has 4 nitrogen and oxygen atoms in total. The number of rotatable bonds is 5. The molecule has 1 amide bonds. The minimum atomic E-state index is -0.514. The number of nitrogens with one attached hydrogen (secondary N) is 1. The van der Waals surface area contributed by atoms with Gasteiger partial charge in [0.05, 0.1) is 12.2 Å². The number of amides is 1. The highest BCUT2D eigenvalue weighted by Gasteiger charge is 2.16. The molecular weight excluding hydrogens is 436 g/mol. The smallest absolute Gasteiger partial charge is 0.407 e. The molecule has 6 heteroatoms. The summed E-state index contributed by atoms with van der Waals surface area (Å²) in [5.74, 6) is 0.883. The number of aromatic nitrogens is 1. The highest BCUT2D eigenvalue weighted by Crippen LogP contribution is 2.28. The number of benzene rings is 1. The lowest BCUT2D eigenvalue weighted by atomic mass is 9.87. The molecule has 0 fully saturated rings. The quantitative estimate of drug-likeness (QED) is 0.515. The first-order chi connectivity index (χ1) is 12.9. The molecule has 1 heterocycles. The molecular formula is C22H29BrN2O2S. The summed E-state index contributed by atoms with van der Waals surface area (Å²) in [7, 11) is 0. The minimum absolute atomic E-state index is 0.170. The summed E-state index contributed by atoms with van der Waals surface area (Å²) in [6.07, 6.45) is 1.39. The van der Waals surface area contributed by atoms with E-state index >= 15 is 0 Å². The van der Waals surface area contributed by atoms with Crippen LogP contribution in [0.4, 0.5) is 4.79 Å². The second-order valence-electron chi connectivity index (χ2n) is 8.69. The lowest BCUT2D eigenvalue weighted by molar-refractivity contribution is 0.0523. The van der Waals surface area contributed by atoms with Crippen molar-refractivity contribution in [3.8, 4) is 0 Å². The van der Waals surface area contributed by atoms with E-state index in [0.717, 1.165) is 20.8 Å². The van der Waals surface area contributed by atoms with E-state index in [-0.39, 0.29) is 5.41 Å². The number of hydrogen-bond donors (Lipinski definition) is 1. The number of alkyl carbamates (subject to hydrolysis) is 1. The Kier molecular flexibility index (Phi) is 7.57. The predicted molar refractivity (Wildman–Crippen MR) is 120 cm³/mol. The molecule has 0 bridgehead atoms. The number of ether oxygens (including phenoxy) is 1. The van der Waals surface area contributed by atoms with Crippen molar-refractivity contribution in [1.29, 1.82) is 0 Å². The first-order valence-electron chi connectivity index (χ1n) is 9.27. The Hall–Kier alpha value is -1.53. The van der Waals surface area contributed by atoms with Crippen LogP contribution in [0.2, 0.25) is 0 Å². The second-order valence-corrected chi connectivity index (χ2v) is 10.6. The molecule has 0 saturated carbocycles. The molecule has 0 saturated heterocycles. The Morgan fingerprint density at radius 1 is 1.14 bits per heavy atom. The van der Waals surface area contributed by atoms with E-state index in [1.54, 1.807) is 11.8 Å². The molecule has 0 unspecified atom stereocenters. The van der Waals surface area contributed by atoms with Gasteiger partial charge in [0.15, 0.2) is 0 Å². The van der Waals surface area contributed by atoms with Crippen LogP contribution in [-0.4, -0.2) is 16.7 Å². The molecule has 0 aliphatic heterocycles. The van der Waals surface area contributed by atoms with E-state index in [9.17, 15) is 4.79 Å². The van der Waals surface area contributed by atoms with Crippen LogP contribution in [0, 0.1) is 0 Å². The van der Waals surface area contributed by atoms with Crippen LogP contribution in [0.1, 0.15) is 58.4 Å². The Morgan fingerprint density at radius 3 is 2.32 bits per heavy atom. The number of pyridine rings is 1. The van der Waals surface area contributed by atoms with Gasteiger partial charge in [0, 0.05) is 21.3 Å². The number of carbonyl (C=O) groups is 1. The van der Waals surface area contributed by atoms with Crippen LogP contribution in [0.15, 0.2) is 45.9 Å². The van der Waals surface area contributed by atoms with Gasteiger partial charge in [0.25, 0.3) is 0 Å². The van der Waals surface area contributed by atoms with Gasteiger partial charge in [0.1, 0.15) is 5.60 Å². The monoisotopic (exact) mass is 464 g/mol. The molecule has 1 aromatic carbocycles. The molecule has 28 heavy (non-hydrogen) atoms. The fourth-order valence-corrected chi connectivity index (χ4v) is 3.89. The van der Waals surface area contributed by atoms with Crippen molar-refractivity contribution >= 4 is 33.8 Å². The molecule has 0 spiro atoms. The van der Waals surface area contributed by atoms with Crippen LogP contribution < -0.4 is 5.32 Å². The highest BCUT2D eigenvalue weighted by molar-refractivity contribution is 9.10. The van der Waals surface area contributed by atoms with Crippen LogP contribution in [0.25, 0.3) is 0 Å². The van der Waals surface area contributed by atoms with Crippen molar-refractivity contribution in [3.63, 3.8) is 0 Å². The maximum Gasteiger partial charge on any atom is 0.407 e. The molecule has 2 aromatic rings. The molecule has 1 N–H and O–H groups in total. The van der Waals surface area contributed by atoms with Gasteiger partial charge in [-0.1, -0.05) is 45.0 Å². The fourth-order valence-electron chi connectivity index (χ4n) is 2.40. The summed E-state index contributed by atoms with van der Waals surface area (Å²) in [4.78, 5) is 17.3. The van der Waals surface area contributed by atoms with Gasteiger partial charge in [-0.25, -0.2) is 4.79 Å². The molecule has 0 aliphatic rings. The van der Waals surface area contributed by atoms with Crippen molar-refractivity contribution in [2.45, 2.75) is 69.8 Å². The third-order valence-corrected chi connectivity index (χ3v) is 5.64. The Morgan fingerprint density at radius 2 is 1.79 bits per heavy atom. The van der Waals surface area contributed by atoms with Crippen LogP contribution in [-0.2, 0) is 22.4 Å². The van der Waals surface area contributed by atoms with E-state index in [0.29, 0.717) is 6.54 Å². The van der Waals surface area contributed by atoms with Crippen LogP contribution in [0.5, 0.6) is 0 Å². The van der Waals surface area contributed by atoms with E-state index < -0.39 is 11.7 Å². The van der Waals surface area contributed by atoms with Crippen molar-refractivity contribution < 1.29 is 9.53 Å². The van der Waals surface area contributed by atoms with Gasteiger partial charge in [-0.05, 0) is 59.3 Å². The average Bonchev–Trinajstić information content (AvgIpc) is 2.57. The number of thioether (sulfide) groups is 1. The van der Waals surface area contributed by atoms with Gasteiger partial charge < -0.3 is 10.1 Å². The third kappa shape index (κ3) is 7.47. The van der Waals surface area contributed by atoms with Gasteiger partial charge in [-0.2, -0.15) is 0 Å². The lowest BCUT2D eigenvalue weighted by Crippen LogP contribution is -2.32. The fraction of sp³-hybridized carbons (Fsp3) is 0.455. The van der Waals surface area contributed by atoms with Gasteiger partial charge in [0.2, 0.25) is 0 Å². The molecule has 0 radical (unpaired) electrons. The topological polar surface area (TPSA) is 51.2 Å². The van der Waals surface area contributed by atoms with Crippen molar-refractivity contribution in [1.82, 2.24) is 10.3 Å². The largest absolute Gasteiger partial charge is 0.444 e. The normalized spacial score (nSPS) is 12.0. The Balaban J connectivity index is 1.91. The van der Waals surface area contributed by atoms with Crippen LogP contribution >= 0.6 is 27.7 Å². The molecule has 0 atom stereocenters. The van der Waals surface area contributed by atoms with Crippen molar-refractivity contribution in [2.24, 2.45) is 0 Å². The summed E-state index contributed by atoms with van der Waals surface area (Å²) in [6, 6.07) is 10.8. The number of carbonyl (C=O) groups excluding carboxylic acids is 1. The minimum Gasteiger partial charge on any atom is -0.444 e. The van der Waals surface area contributed by atoms with Crippen LogP contribution in [0.3, 0.4) is 0 Å². The molecule has 1 aromatic heterocycles. The second kappa shape index (κ2) is 9.31. The van der Waals surface area contributed by atoms with E-state index in [4.69, 9.17) is 4.74 Å². The van der Waals surface area contributed by atoms with E-state index in [2.05, 4.69) is 71.3 Å². The van der Waals surface area contributed by atoms with E-state index in [1.165, 1.54) is 11.1 Å². The first-order valence-corrected chi connectivity index (χ1v) is 11.1. The zero-order valence-corrected chi connectivity index (χ0v) is 19.8. The van der Waals surface area contributed by atoms with E-state index in [1.807, 2.05) is 33.0 Å². The zero-order valence-electron chi connectivity index (χ0n) is 17.4. The molecule has 152 valence electrons. The summed E-state index contributed by atoms with van der Waals surface area (Å²) in [5, 5.41) is 2.73. The maximum absolute atomic E-state index is 11.8. The molecule has 2 rings (SSSR count). The third-order valence-electron chi connectivity index (χ3n) is 3.92. The maximum atomic E-state index is 11.8. The van der Waals surface area contributed by atoms with Crippen molar-refractivity contribution in [2.75, 3.05) is 0 Å². The standard InChI is InChI=1S/C22H29BrN2O2S/c1-21(2,3)16-9-7-15(8-10-16)14-28-17-11-18(23)19(24-12-17)13-25-20(26)27-22(4,5)6/h7-12H,13-14H2,1-6H3,(H,25,26). The summed E-state index contributed by atoms with van der Waals surface area (Å²) in [6.45, 7) is 12.5. The predicted octanol–water partition coefficient (Wildman–Crippen LogP) is 6.46. The number of hydrogen-bond acceptors (Lipinski definition) is 4. The average molecular weight is 465 g/mol. The SMILES string of the molecule is CC(C)(C)OC(=O)NCc1ncc(SCc2ccc(C(C)(C)C)cc2)cc1Br. The van der Waals surface area contributed by atoms with Gasteiger partial charge in [-0.3, -0.25) is 4.98 Å². The summed E-state index contributed by atoms with van der Waals surface area (Å²) in [5.41, 5.74) is 3.05. The number of nitrogens with zero attached hydrogens (tertiary/aromatic N) is 1. The zero-order chi connectivity index (χ0) is 20.9. The lowest BCUT2D eigenvalue weighted by Gasteiger charge is -2.19.